The summed E-state index contributed by atoms with van der Waals surface area (Å²) in [5, 5.41) is 5.25. The molecule has 0 aromatic heterocycles. The zero-order valence-electron chi connectivity index (χ0n) is 8.33. The van der Waals surface area contributed by atoms with E-state index < -0.39 is 0 Å². The van der Waals surface area contributed by atoms with Gasteiger partial charge in [0, 0.05) is 12.8 Å². The van der Waals surface area contributed by atoms with Crippen LogP contribution in [0.2, 0.25) is 0 Å². The summed E-state index contributed by atoms with van der Waals surface area (Å²) in [4.78, 5) is 11.2. The molecule has 1 aromatic carbocycles. The Hall–Kier alpha value is -1.55. The van der Waals surface area contributed by atoms with Gasteiger partial charge in [0.05, 0.1) is 0 Å². The summed E-state index contributed by atoms with van der Waals surface area (Å²) in [6.07, 6.45) is 0. The maximum absolute atomic E-state index is 11.2. The third-order valence-electron chi connectivity index (χ3n) is 1.77. The number of para-hydroxylation sites is 1. The molecule has 2 N–H and O–H groups in total. The number of aryl methyl sites for hydroxylation is 1. The van der Waals surface area contributed by atoms with Gasteiger partial charge in [0.15, 0.2) is 0 Å². The molecule has 0 heterocycles. The fourth-order valence-corrected chi connectivity index (χ4v) is 1.02. The number of ether oxygens (including phenoxy) is 1. The number of carbonyl (C=O) groups is 1. The van der Waals surface area contributed by atoms with Gasteiger partial charge in [-0.25, -0.2) is 4.79 Å². The highest BCUT2D eigenvalue weighted by Crippen LogP contribution is 2.12. The van der Waals surface area contributed by atoms with E-state index in [9.17, 15) is 4.79 Å². The van der Waals surface area contributed by atoms with E-state index in [1.807, 2.05) is 31.2 Å². The smallest absolute Gasteiger partial charge is 0.321 e. The number of methoxy groups -OCH3 is 1. The van der Waals surface area contributed by atoms with Crippen LogP contribution in [0.25, 0.3) is 0 Å². The van der Waals surface area contributed by atoms with E-state index in [4.69, 9.17) is 4.74 Å². The number of carbonyl (C=O) groups excluding carboxylic acids is 1. The Kier molecular flexibility index (Phi) is 3.94. The Morgan fingerprint density at radius 2 is 2.14 bits per heavy atom. The van der Waals surface area contributed by atoms with E-state index in [1.165, 1.54) is 7.11 Å². The Morgan fingerprint density at radius 1 is 1.43 bits per heavy atom. The molecule has 2 amide bonds. The zero-order chi connectivity index (χ0) is 10.4. The lowest BCUT2D eigenvalue weighted by atomic mass is 10.2. The summed E-state index contributed by atoms with van der Waals surface area (Å²) in [6, 6.07) is 7.32. The number of benzene rings is 1. The molecule has 4 nitrogen and oxygen atoms in total. The maximum Gasteiger partial charge on any atom is 0.321 e. The molecule has 0 spiro atoms. The van der Waals surface area contributed by atoms with Crippen LogP contribution in [0.15, 0.2) is 24.3 Å². The first kappa shape index (κ1) is 10.5. The van der Waals surface area contributed by atoms with E-state index in [0.717, 1.165) is 11.3 Å². The predicted octanol–water partition coefficient (Wildman–Crippen LogP) is 1.72. The molecule has 0 fully saturated rings. The molecule has 1 rings (SSSR count). The Morgan fingerprint density at radius 3 is 2.79 bits per heavy atom. The summed E-state index contributed by atoms with van der Waals surface area (Å²) in [5.74, 6) is 0. The van der Waals surface area contributed by atoms with Crippen molar-refractivity contribution in [2.75, 3.05) is 19.2 Å². The highest BCUT2D eigenvalue weighted by molar-refractivity contribution is 5.89. The second-order valence-corrected chi connectivity index (χ2v) is 2.88. The molecule has 0 saturated heterocycles. The average molecular weight is 194 g/mol. The third kappa shape index (κ3) is 3.06. The fourth-order valence-electron chi connectivity index (χ4n) is 1.02. The summed E-state index contributed by atoms with van der Waals surface area (Å²) < 4.78 is 4.71. The van der Waals surface area contributed by atoms with Crippen molar-refractivity contribution in [3.8, 4) is 0 Å². The topological polar surface area (TPSA) is 50.4 Å². The van der Waals surface area contributed by atoms with Crippen LogP contribution < -0.4 is 10.6 Å². The van der Waals surface area contributed by atoms with Crippen LogP contribution in [0.5, 0.6) is 0 Å². The summed E-state index contributed by atoms with van der Waals surface area (Å²) in [5.41, 5.74) is 1.83. The second-order valence-electron chi connectivity index (χ2n) is 2.88. The largest absolute Gasteiger partial charge is 0.364 e. The van der Waals surface area contributed by atoms with Gasteiger partial charge in [0.2, 0.25) is 0 Å². The molecule has 0 unspecified atom stereocenters. The van der Waals surface area contributed by atoms with Crippen molar-refractivity contribution >= 4 is 11.7 Å². The van der Waals surface area contributed by atoms with Crippen molar-refractivity contribution in [3.05, 3.63) is 29.8 Å². The summed E-state index contributed by atoms with van der Waals surface area (Å²) in [6.45, 7) is 2.14. The van der Waals surface area contributed by atoms with Crippen molar-refractivity contribution in [2.45, 2.75) is 6.92 Å². The minimum atomic E-state index is -0.263. The number of hydrogen-bond donors (Lipinski definition) is 2. The van der Waals surface area contributed by atoms with Crippen LogP contribution in [0.3, 0.4) is 0 Å². The standard InChI is InChI=1S/C10H14N2O2/c1-8-5-3-4-6-9(8)12-10(13)11-7-14-2/h3-6H,7H2,1-2H3,(H2,11,12,13). The number of urea groups is 1. The van der Waals surface area contributed by atoms with E-state index in [-0.39, 0.29) is 12.8 Å². The molecule has 0 radical (unpaired) electrons. The lowest BCUT2D eigenvalue weighted by Gasteiger charge is -2.08. The van der Waals surface area contributed by atoms with Crippen LogP contribution in [0.1, 0.15) is 5.56 Å². The first-order valence-corrected chi connectivity index (χ1v) is 4.33. The normalized spacial score (nSPS) is 9.57. The molecule has 4 heteroatoms. The van der Waals surface area contributed by atoms with Crippen LogP contribution in [0.4, 0.5) is 10.5 Å². The Balaban J connectivity index is 2.52. The molecule has 14 heavy (non-hydrogen) atoms. The number of hydrogen-bond acceptors (Lipinski definition) is 2. The molecule has 0 aliphatic rings. The molecule has 0 saturated carbocycles. The molecule has 0 aliphatic carbocycles. The van der Waals surface area contributed by atoms with Gasteiger partial charge in [0.1, 0.15) is 6.73 Å². The number of rotatable bonds is 3. The first-order chi connectivity index (χ1) is 6.74. The summed E-state index contributed by atoms with van der Waals surface area (Å²) in [7, 11) is 1.52. The van der Waals surface area contributed by atoms with Gasteiger partial charge in [-0.05, 0) is 18.6 Å². The summed E-state index contributed by atoms with van der Waals surface area (Å²) >= 11 is 0. The van der Waals surface area contributed by atoms with E-state index >= 15 is 0 Å². The van der Waals surface area contributed by atoms with E-state index in [1.54, 1.807) is 0 Å². The van der Waals surface area contributed by atoms with E-state index in [2.05, 4.69) is 10.6 Å². The van der Waals surface area contributed by atoms with Gasteiger partial charge in [-0.3, -0.25) is 0 Å². The molecular formula is C10H14N2O2. The number of nitrogens with one attached hydrogen (secondary N) is 2. The quantitative estimate of drug-likeness (QED) is 0.720. The van der Waals surface area contributed by atoms with Gasteiger partial charge >= 0.3 is 6.03 Å². The molecule has 76 valence electrons. The van der Waals surface area contributed by atoms with Crippen molar-refractivity contribution in [2.24, 2.45) is 0 Å². The highest BCUT2D eigenvalue weighted by Gasteiger charge is 2.01. The van der Waals surface area contributed by atoms with E-state index in [0.29, 0.717) is 0 Å². The van der Waals surface area contributed by atoms with Gasteiger partial charge in [-0.1, -0.05) is 18.2 Å². The van der Waals surface area contributed by atoms with Gasteiger partial charge in [-0.15, -0.1) is 0 Å². The molecule has 1 aromatic rings. The van der Waals surface area contributed by atoms with Gasteiger partial charge < -0.3 is 15.4 Å². The average Bonchev–Trinajstić information content (AvgIpc) is 2.18. The minimum Gasteiger partial charge on any atom is -0.364 e. The Bertz CT molecular complexity index is 313. The Labute approximate surface area is 83.3 Å². The van der Waals surface area contributed by atoms with Crippen molar-refractivity contribution in [3.63, 3.8) is 0 Å². The van der Waals surface area contributed by atoms with Crippen LogP contribution in [-0.4, -0.2) is 19.9 Å². The SMILES string of the molecule is COCNC(=O)Nc1ccccc1C. The van der Waals surface area contributed by atoms with Crippen LogP contribution in [0, 0.1) is 6.92 Å². The molecule has 0 bridgehead atoms. The lowest BCUT2D eigenvalue weighted by molar-refractivity contribution is 0.177. The second kappa shape index (κ2) is 5.24. The fraction of sp³-hybridized carbons (Fsp3) is 0.300. The van der Waals surface area contributed by atoms with Crippen LogP contribution in [-0.2, 0) is 4.74 Å². The molecule has 0 atom stereocenters. The van der Waals surface area contributed by atoms with Crippen molar-refractivity contribution in [1.82, 2.24) is 5.32 Å². The molecule has 0 aliphatic heterocycles. The maximum atomic E-state index is 11.2. The monoisotopic (exact) mass is 194 g/mol. The van der Waals surface area contributed by atoms with Gasteiger partial charge in [0.25, 0.3) is 0 Å². The van der Waals surface area contributed by atoms with Crippen LogP contribution >= 0.6 is 0 Å². The number of anilines is 1. The lowest BCUT2D eigenvalue weighted by Crippen LogP contribution is -2.30. The first-order valence-electron chi connectivity index (χ1n) is 4.33. The third-order valence-corrected chi connectivity index (χ3v) is 1.77. The number of amides is 2. The minimum absolute atomic E-state index is 0.206. The van der Waals surface area contributed by atoms with Crippen molar-refractivity contribution in [1.29, 1.82) is 0 Å². The predicted molar refractivity (Wildman–Crippen MR) is 55.2 cm³/mol. The highest BCUT2D eigenvalue weighted by atomic mass is 16.5. The zero-order valence-corrected chi connectivity index (χ0v) is 8.33. The van der Waals surface area contributed by atoms with Gasteiger partial charge in [-0.2, -0.15) is 0 Å². The molecular weight excluding hydrogens is 180 g/mol. The van der Waals surface area contributed by atoms with Crippen molar-refractivity contribution < 1.29 is 9.53 Å².